The van der Waals surface area contributed by atoms with Crippen molar-refractivity contribution in [2.24, 2.45) is 11.7 Å². The number of aryl methyl sites for hydroxylation is 1. The summed E-state index contributed by atoms with van der Waals surface area (Å²) in [5, 5.41) is 7.17. The Morgan fingerprint density at radius 3 is 2.83 bits per heavy atom. The molecule has 18 heavy (non-hydrogen) atoms. The SMILES string of the molecule is CCCn1nccc1CC(CN)C(=O)NC(C)C. The third-order valence-corrected chi connectivity index (χ3v) is 2.78. The molecule has 3 N–H and O–H groups in total. The topological polar surface area (TPSA) is 72.9 Å². The monoisotopic (exact) mass is 252 g/mol. The highest BCUT2D eigenvalue weighted by Crippen LogP contribution is 2.09. The number of nitrogens with zero attached hydrogens (tertiary/aromatic N) is 2. The molecule has 0 aliphatic heterocycles. The lowest BCUT2D eigenvalue weighted by Crippen LogP contribution is -2.40. The van der Waals surface area contributed by atoms with E-state index < -0.39 is 0 Å². The van der Waals surface area contributed by atoms with E-state index in [0.29, 0.717) is 13.0 Å². The quantitative estimate of drug-likeness (QED) is 0.758. The Hall–Kier alpha value is -1.36. The minimum absolute atomic E-state index is 0.0248. The number of amides is 1. The first-order valence-electron chi connectivity index (χ1n) is 6.59. The molecule has 0 bridgehead atoms. The Morgan fingerprint density at radius 1 is 1.56 bits per heavy atom. The van der Waals surface area contributed by atoms with Crippen LogP contribution >= 0.6 is 0 Å². The molecule has 0 aromatic carbocycles. The van der Waals surface area contributed by atoms with E-state index in [1.165, 1.54) is 0 Å². The number of rotatable bonds is 7. The van der Waals surface area contributed by atoms with Crippen LogP contribution < -0.4 is 11.1 Å². The third-order valence-electron chi connectivity index (χ3n) is 2.78. The van der Waals surface area contributed by atoms with Crippen LogP contribution in [0.5, 0.6) is 0 Å². The normalized spacial score (nSPS) is 12.7. The van der Waals surface area contributed by atoms with E-state index in [1.807, 2.05) is 24.6 Å². The fourth-order valence-electron chi connectivity index (χ4n) is 1.88. The first kappa shape index (κ1) is 14.7. The maximum absolute atomic E-state index is 12.0. The fourth-order valence-corrected chi connectivity index (χ4v) is 1.88. The second kappa shape index (κ2) is 7.16. The van der Waals surface area contributed by atoms with E-state index in [9.17, 15) is 4.79 Å². The predicted molar refractivity (Wildman–Crippen MR) is 72.0 cm³/mol. The summed E-state index contributed by atoms with van der Waals surface area (Å²) in [5.74, 6) is -0.156. The van der Waals surface area contributed by atoms with E-state index in [4.69, 9.17) is 5.73 Å². The molecular weight excluding hydrogens is 228 g/mol. The smallest absolute Gasteiger partial charge is 0.224 e. The molecule has 1 aromatic rings. The van der Waals surface area contributed by atoms with E-state index in [2.05, 4.69) is 17.3 Å². The Balaban J connectivity index is 2.67. The molecule has 0 aliphatic carbocycles. The van der Waals surface area contributed by atoms with Gasteiger partial charge in [0.1, 0.15) is 0 Å². The van der Waals surface area contributed by atoms with Crippen molar-refractivity contribution in [3.05, 3.63) is 18.0 Å². The van der Waals surface area contributed by atoms with E-state index in [-0.39, 0.29) is 17.9 Å². The molecule has 5 nitrogen and oxygen atoms in total. The second-order valence-corrected chi connectivity index (χ2v) is 4.85. The molecule has 1 rings (SSSR count). The van der Waals surface area contributed by atoms with Crippen LogP contribution in [0.4, 0.5) is 0 Å². The summed E-state index contributed by atoms with van der Waals surface area (Å²) in [6, 6.07) is 2.10. The molecule has 0 spiro atoms. The van der Waals surface area contributed by atoms with Gasteiger partial charge in [0.05, 0.1) is 5.92 Å². The van der Waals surface area contributed by atoms with Gasteiger partial charge in [-0.1, -0.05) is 6.92 Å². The molecular formula is C13H24N4O. The lowest BCUT2D eigenvalue weighted by atomic mass is 10.0. The molecule has 5 heteroatoms. The van der Waals surface area contributed by atoms with Gasteiger partial charge in [0.2, 0.25) is 5.91 Å². The summed E-state index contributed by atoms with van der Waals surface area (Å²) in [4.78, 5) is 12.0. The largest absolute Gasteiger partial charge is 0.354 e. The van der Waals surface area contributed by atoms with E-state index in [0.717, 1.165) is 18.7 Å². The first-order chi connectivity index (χ1) is 8.58. The van der Waals surface area contributed by atoms with Gasteiger partial charge in [-0.15, -0.1) is 0 Å². The van der Waals surface area contributed by atoms with Gasteiger partial charge in [0.25, 0.3) is 0 Å². The van der Waals surface area contributed by atoms with Crippen LogP contribution in [0.15, 0.2) is 12.3 Å². The number of hydrogen-bond acceptors (Lipinski definition) is 3. The van der Waals surface area contributed by atoms with E-state index in [1.54, 1.807) is 6.20 Å². The van der Waals surface area contributed by atoms with Crippen molar-refractivity contribution in [1.29, 1.82) is 0 Å². The average molecular weight is 252 g/mol. The van der Waals surface area contributed by atoms with Crippen molar-refractivity contribution in [3.8, 4) is 0 Å². The van der Waals surface area contributed by atoms with Gasteiger partial charge in [-0.25, -0.2) is 0 Å². The van der Waals surface area contributed by atoms with Crippen molar-refractivity contribution in [2.75, 3.05) is 6.54 Å². The highest BCUT2D eigenvalue weighted by Gasteiger charge is 2.19. The van der Waals surface area contributed by atoms with Crippen LogP contribution in [0.3, 0.4) is 0 Å². The van der Waals surface area contributed by atoms with Crippen molar-refractivity contribution in [1.82, 2.24) is 15.1 Å². The third kappa shape index (κ3) is 4.14. The molecule has 0 fully saturated rings. The minimum Gasteiger partial charge on any atom is -0.354 e. The number of hydrogen-bond donors (Lipinski definition) is 2. The molecule has 0 aliphatic rings. The molecule has 1 unspecified atom stereocenters. The van der Waals surface area contributed by atoms with Crippen molar-refractivity contribution >= 4 is 5.91 Å². The summed E-state index contributed by atoms with van der Waals surface area (Å²) in [6.07, 6.45) is 3.45. The number of carbonyl (C=O) groups is 1. The number of nitrogens with one attached hydrogen (secondary N) is 1. The maximum Gasteiger partial charge on any atom is 0.224 e. The summed E-state index contributed by atoms with van der Waals surface area (Å²) in [6.45, 7) is 7.25. The molecule has 102 valence electrons. The van der Waals surface area contributed by atoms with Gasteiger partial charge >= 0.3 is 0 Å². The van der Waals surface area contributed by atoms with Gasteiger partial charge in [0, 0.05) is 37.4 Å². The molecule has 1 aromatic heterocycles. The summed E-state index contributed by atoms with van der Waals surface area (Å²) in [5.41, 5.74) is 6.77. The van der Waals surface area contributed by atoms with Crippen molar-refractivity contribution in [3.63, 3.8) is 0 Å². The zero-order chi connectivity index (χ0) is 13.5. The van der Waals surface area contributed by atoms with Crippen molar-refractivity contribution < 1.29 is 4.79 Å². The van der Waals surface area contributed by atoms with Gasteiger partial charge in [-0.2, -0.15) is 5.10 Å². The lowest BCUT2D eigenvalue weighted by Gasteiger charge is -2.17. The fraction of sp³-hybridized carbons (Fsp3) is 0.692. The highest BCUT2D eigenvalue weighted by molar-refractivity contribution is 5.79. The number of aromatic nitrogens is 2. The van der Waals surface area contributed by atoms with Gasteiger partial charge in [-0.05, 0) is 26.3 Å². The van der Waals surface area contributed by atoms with Gasteiger partial charge < -0.3 is 11.1 Å². The summed E-state index contributed by atoms with van der Waals surface area (Å²) in [7, 11) is 0. The molecule has 1 heterocycles. The lowest BCUT2D eigenvalue weighted by molar-refractivity contribution is -0.125. The standard InChI is InChI=1S/C13H24N4O/c1-4-7-17-12(5-6-15-17)8-11(9-14)13(18)16-10(2)3/h5-6,10-11H,4,7-9,14H2,1-3H3,(H,16,18). The second-order valence-electron chi connectivity index (χ2n) is 4.85. The molecule has 1 atom stereocenters. The Labute approximate surface area is 109 Å². The molecule has 0 saturated carbocycles. The highest BCUT2D eigenvalue weighted by atomic mass is 16.1. The summed E-state index contributed by atoms with van der Waals surface area (Å²) < 4.78 is 1.95. The van der Waals surface area contributed by atoms with Crippen molar-refractivity contribution in [2.45, 2.75) is 46.2 Å². The molecule has 1 amide bonds. The number of carbonyl (C=O) groups excluding carboxylic acids is 1. The van der Waals surface area contributed by atoms with Crippen LogP contribution in [0.25, 0.3) is 0 Å². The van der Waals surface area contributed by atoms with Crippen LogP contribution in [-0.4, -0.2) is 28.3 Å². The van der Waals surface area contributed by atoms with Crippen LogP contribution in [0, 0.1) is 5.92 Å². The zero-order valence-electron chi connectivity index (χ0n) is 11.5. The zero-order valence-corrected chi connectivity index (χ0v) is 11.5. The Bertz CT molecular complexity index is 373. The maximum atomic E-state index is 12.0. The molecule has 0 saturated heterocycles. The van der Waals surface area contributed by atoms with Crippen LogP contribution in [0.1, 0.15) is 32.9 Å². The number of nitrogens with two attached hydrogens (primary N) is 1. The van der Waals surface area contributed by atoms with Gasteiger partial charge in [0.15, 0.2) is 0 Å². The van der Waals surface area contributed by atoms with E-state index >= 15 is 0 Å². The predicted octanol–water partition coefficient (Wildman–Crippen LogP) is 0.935. The molecule has 0 radical (unpaired) electrons. The average Bonchev–Trinajstić information content (AvgIpc) is 2.72. The van der Waals surface area contributed by atoms with Crippen LogP contribution in [0.2, 0.25) is 0 Å². The Morgan fingerprint density at radius 2 is 2.28 bits per heavy atom. The van der Waals surface area contributed by atoms with Crippen LogP contribution in [-0.2, 0) is 17.8 Å². The first-order valence-corrected chi connectivity index (χ1v) is 6.59. The minimum atomic E-state index is -0.181. The van der Waals surface area contributed by atoms with Gasteiger partial charge in [-0.3, -0.25) is 9.48 Å². The summed E-state index contributed by atoms with van der Waals surface area (Å²) >= 11 is 0. The Kier molecular flexibility index (Phi) is 5.85.